The predicted octanol–water partition coefficient (Wildman–Crippen LogP) is 6.04. The third-order valence-corrected chi connectivity index (χ3v) is 11.1. The number of benzene rings is 2. The van der Waals surface area contributed by atoms with Gasteiger partial charge in [0.25, 0.3) is 0 Å². The summed E-state index contributed by atoms with van der Waals surface area (Å²) in [7, 11) is 0. The van der Waals surface area contributed by atoms with Crippen LogP contribution in [-0.4, -0.2) is 72.5 Å². The molecule has 3 saturated heterocycles. The number of rotatable bonds is 7. The van der Waals surface area contributed by atoms with Crippen molar-refractivity contribution in [3.63, 3.8) is 0 Å². The largest absolute Gasteiger partial charge is 0.463 e. The topological polar surface area (TPSA) is 103 Å². The van der Waals surface area contributed by atoms with Gasteiger partial charge in [-0.3, -0.25) is 4.90 Å². The van der Waals surface area contributed by atoms with Crippen LogP contribution in [0, 0.1) is 28.4 Å². The number of nitrogens with zero attached hydrogens (tertiary/aromatic N) is 5. The van der Waals surface area contributed by atoms with Gasteiger partial charge in [0, 0.05) is 66.6 Å². The van der Waals surface area contributed by atoms with Crippen LogP contribution >= 0.6 is 22.9 Å². The van der Waals surface area contributed by atoms with Gasteiger partial charge in [-0.1, -0.05) is 17.7 Å². The monoisotopic (exact) mass is 653 g/mol. The maximum atomic E-state index is 16.9. The Balaban J connectivity index is 1.23. The number of anilines is 2. The molecule has 2 aromatic heterocycles. The zero-order valence-electron chi connectivity index (χ0n) is 24.4. The Morgan fingerprint density at radius 1 is 1.16 bits per heavy atom. The molecule has 2 bridgehead atoms. The number of hydrogen-bond donors (Lipinski definition) is 2. The maximum absolute atomic E-state index is 16.9. The Morgan fingerprint density at radius 2 is 1.93 bits per heavy atom. The van der Waals surface area contributed by atoms with Crippen molar-refractivity contribution in [1.29, 1.82) is 5.26 Å². The molecule has 45 heavy (non-hydrogen) atoms. The van der Waals surface area contributed by atoms with Crippen LogP contribution in [0.1, 0.15) is 37.7 Å². The van der Waals surface area contributed by atoms with Gasteiger partial charge in [0.05, 0.1) is 21.9 Å². The molecule has 234 valence electrons. The number of hydrogen-bond acceptors (Lipinski definition) is 9. The molecule has 3 aliphatic heterocycles. The average molecular weight is 654 g/mol. The molecular formula is C32H31ClF3N7OS. The van der Waals surface area contributed by atoms with Crippen LogP contribution in [0.15, 0.2) is 18.2 Å². The van der Waals surface area contributed by atoms with Crippen LogP contribution < -0.4 is 20.7 Å². The van der Waals surface area contributed by atoms with E-state index in [1.165, 1.54) is 12.1 Å². The highest BCUT2D eigenvalue weighted by Crippen LogP contribution is 2.48. The van der Waals surface area contributed by atoms with Crippen molar-refractivity contribution in [2.45, 2.75) is 50.4 Å². The number of nitriles is 1. The van der Waals surface area contributed by atoms with E-state index in [0.29, 0.717) is 55.9 Å². The number of halogens is 4. The van der Waals surface area contributed by atoms with E-state index in [0.717, 1.165) is 50.1 Å². The van der Waals surface area contributed by atoms with Crippen molar-refractivity contribution in [2.24, 2.45) is 5.41 Å². The second-order valence-electron chi connectivity index (χ2n) is 13.0. The number of alkyl halides is 1. The SMILES string of the molecule is N#Cc1c(N)sc2c(F)ccc(-c3c(Cl)cc4c(N5CC6CCC(C5)N6)nc(OCC5(CN6CC[C@@H](F)C6)CC5)nc4c3F)c12. The highest BCUT2D eigenvalue weighted by Gasteiger charge is 2.46. The third-order valence-electron chi connectivity index (χ3n) is 9.80. The molecular weight excluding hydrogens is 623 g/mol. The normalized spacial score (nSPS) is 24.1. The molecule has 5 heterocycles. The summed E-state index contributed by atoms with van der Waals surface area (Å²) in [5, 5.41) is 14.4. The smallest absolute Gasteiger partial charge is 0.319 e. The van der Waals surface area contributed by atoms with Crippen molar-refractivity contribution in [1.82, 2.24) is 20.2 Å². The summed E-state index contributed by atoms with van der Waals surface area (Å²) in [5.41, 5.74) is 6.34. The van der Waals surface area contributed by atoms with E-state index in [9.17, 15) is 14.0 Å². The molecule has 8 rings (SSSR count). The summed E-state index contributed by atoms with van der Waals surface area (Å²) in [4.78, 5) is 13.7. The van der Waals surface area contributed by atoms with Crippen LogP contribution in [-0.2, 0) is 0 Å². The van der Waals surface area contributed by atoms with Crippen molar-refractivity contribution < 1.29 is 17.9 Å². The Morgan fingerprint density at radius 3 is 2.62 bits per heavy atom. The predicted molar refractivity (Wildman–Crippen MR) is 170 cm³/mol. The minimum atomic E-state index is -0.788. The van der Waals surface area contributed by atoms with E-state index >= 15 is 4.39 Å². The molecule has 0 amide bonds. The van der Waals surface area contributed by atoms with Crippen LogP contribution in [0.3, 0.4) is 0 Å². The van der Waals surface area contributed by atoms with Gasteiger partial charge in [-0.25, -0.2) is 13.2 Å². The Hall–Kier alpha value is -3.37. The molecule has 2 aromatic carbocycles. The van der Waals surface area contributed by atoms with Crippen LogP contribution in [0.4, 0.5) is 24.0 Å². The molecule has 1 aliphatic carbocycles. The summed E-state index contributed by atoms with van der Waals surface area (Å²) in [6, 6.07) is 7.01. The lowest BCUT2D eigenvalue weighted by Gasteiger charge is -2.34. The second kappa shape index (κ2) is 10.9. The average Bonchev–Trinajstić information content (AvgIpc) is 3.31. The summed E-state index contributed by atoms with van der Waals surface area (Å²) < 4.78 is 51.9. The molecule has 4 aromatic rings. The lowest BCUT2D eigenvalue weighted by molar-refractivity contribution is 0.165. The Labute approximate surface area is 266 Å². The van der Waals surface area contributed by atoms with Gasteiger partial charge in [0.1, 0.15) is 34.4 Å². The van der Waals surface area contributed by atoms with Gasteiger partial charge >= 0.3 is 6.01 Å². The number of nitrogen functional groups attached to an aromatic ring is 1. The van der Waals surface area contributed by atoms with Gasteiger partial charge in [0.15, 0.2) is 5.82 Å². The van der Waals surface area contributed by atoms with Gasteiger partial charge < -0.3 is 20.7 Å². The standard InChI is InChI=1S/C32H31ClF3N7OS/c33-22-9-20-27(26(36)25(22)19-3-4-23(35)28-24(19)21(10-37)29(38)45-28)40-31(41-30(20)43-12-17-1-2-18(13-43)39-17)44-15-32(6-7-32)14-42-8-5-16(34)11-42/h3-4,9,16-18,39H,1-2,5-8,11-15,38H2/t16-,17?,18?/m1/s1. The minimum absolute atomic E-state index is 0.00733. The first kappa shape index (κ1) is 29.1. The fraction of sp³-hybridized carbons (Fsp3) is 0.469. The molecule has 0 radical (unpaired) electrons. The fourth-order valence-corrected chi connectivity index (χ4v) is 8.58. The molecule has 3 N–H and O–H groups in total. The first-order chi connectivity index (χ1) is 21.7. The zero-order chi connectivity index (χ0) is 31.0. The fourth-order valence-electron chi connectivity index (χ4n) is 7.34. The summed E-state index contributed by atoms with van der Waals surface area (Å²) in [6.07, 6.45) is 3.79. The maximum Gasteiger partial charge on any atom is 0.319 e. The van der Waals surface area contributed by atoms with Crippen molar-refractivity contribution in [3.05, 3.63) is 40.4 Å². The summed E-state index contributed by atoms with van der Waals surface area (Å²) in [5.74, 6) is -0.715. The van der Waals surface area contributed by atoms with E-state index in [1.807, 2.05) is 6.07 Å². The number of ether oxygens (including phenoxy) is 1. The van der Waals surface area contributed by atoms with Crippen molar-refractivity contribution in [3.8, 4) is 23.2 Å². The summed E-state index contributed by atoms with van der Waals surface area (Å²) >= 11 is 7.78. The number of thiophene rings is 1. The van der Waals surface area contributed by atoms with Crippen LogP contribution in [0.5, 0.6) is 6.01 Å². The number of nitrogens with two attached hydrogens (primary N) is 1. The van der Waals surface area contributed by atoms with E-state index in [2.05, 4.69) is 20.1 Å². The zero-order valence-corrected chi connectivity index (χ0v) is 26.0. The van der Waals surface area contributed by atoms with Gasteiger partial charge in [-0.2, -0.15) is 15.2 Å². The summed E-state index contributed by atoms with van der Waals surface area (Å²) in [6.45, 7) is 3.67. The second-order valence-corrected chi connectivity index (χ2v) is 14.4. The number of nitrogens with one attached hydrogen (secondary N) is 1. The van der Waals surface area contributed by atoms with Gasteiger partial charge in [0.2, 0.25) is 0 Å². The highest BCUT2D eigenvalue weighted by atomic mass is 35.5. The Bertz CT molecular complexity index is 1880. The quantitative estimate of drug-likeness (QED) is 0.249. The Kier molecular flexibility index (Phi) is 7.02. The van der Waals surface area contributed by atoms with E-state index in [1.54, 1.807) is 6.07 Å². The van der Waals surface area contributed by atoms with Crippen LogP contribution in [0.25, 0.3) is 32.1 Å². The van der Waals surface area contributed by atoms with E-state index in [-0.39, 0.29) is 53.7 Å². The molecule has 0 spiro atoms. The number of aromatic nitrogens is 2. The van der Waals surface area contributed by atoms with Crippen molar-refractivity contribution in [2.75, 3.05) is 50.0 Å². The first-order valence-corrected chi connectivity index (χ1v) is 16.5. The third kappa shape index (κ3) is 5.04. The van der Waals surface area contributed by atoms with Gasteiger partial charge in [-0.05, 0) is 49.8 Å². The lowest BCUT2D eigenvalue weighted by atomic mass is 9.97. The number of likely N-dealkylation sites (tertiary alicyclic amines) is 1. The lowest BCUT2D eigenvalue weighted by Crippen LogP contribution is -2.51. The van der Waals surface area contributed by atoms with E-state index in [4.69, 9.17) is 27.1 Å². The minimum Gasteiger partial charge on any atom is -0.463 e. The molecule has 13 heteroatoms. The van der Waals surface area contributed by atoms with Crippen LogP contribution in [0.2, 0.25) is 5.02 Å². The van der Waals surface area contributed by atoms with Gasteiger partial charge in [-0.15, -0.1) is 11.3 Å². The van der Waals surface area contributed by atoms with E-state index < -0.39 is 17.8 Å². The molecule has 8 nitrogen and oxygen atoms in total. The highest BCUT2D eigenvalue weighted by molar-refractivity contribution is 7.23. The molecule has 2 unspecified atom stereocenters. The van der Waals surface area contributed by atoms with Crippen molar-refractivity contribution >= 4 is 54.7 Å². The molecule has 4 fully saturated rings. The number of fused-ring (bicyclic) bond motifs is 4. The molecule has 3 atom stereocenters. The number of piperazine rings is 1. The molecule has 4 aliphatic rings. The molecule has 1 saturated carbocycles. The first-order valence-electron chi connectivity index (χ1n) is 15.3.